The van der Waals surface area contributed by atoms with Crippen LogP contribution in [0.3, 0.4) is 0 Å². The number of pyridine rings is 1. The highest BCUT2D eigenvalue weighted by molar-refractivity contribution is 7.90. The van der Waals surface area contributed by atoms with Crippen molar-refractivity contribution in [3.05, 3.63) is 106 Å². The molecule has 0 radical (unpaired) electrons. The van der Waals surface area contributed by atoms with E-state index in [4.69, 9.17) is 19.2 Å². The van der Waals surface area contributed by atoms with E-state index in [1.54, 1.807) is 13.2 Å². The summed E-state index contributed by atoms with van der Waals surface area (Å²) >= 11 is 0. The number of likely N-dealkylation sites (tertiary alicyclic amines) is 1. The molecule has 0 unspecified atom stereocenters. The van der Waals surface area contributed by atoms with Gasteiger partial charge in [0, 0.05) is 68.8 Å². The molecule has 1 spiro atoms. The van der Waals surface area contributed by atoms with Gasteiger partial charge in [0.2, 0.25) is 5.88 Å². The number of aromatic amines is 1. The van der Waals surface area contributed by atoms with Gasteiger partial charge in [0.05, 0.1) is 39.3 Å². The van der Waals surface area contributed by atoms with Gasteiger partial charge < -0.3 is 34.3 Å². The minimum atomic E-state index is -4.60. The molecule has 2 aromatic heterocycles. The first-order chi connectivity index (χ1) is 34.7. The fourth-order valence-electron chi connectivity index (χ4n) is 12.9. The molecule has 3 saturated heterocycles. The fraction of sp³-hybridized carbons (Fsp3) is 0.527. The van der Waals surface area contributed by atoms with Crippen LogP contribution in [0, 0.1) is 21.4 Å². The highest BCUT2D eigenvalue weighted by Gasteiger charge is 2.50. The van der Waals surface area contributed by atoms with E-state index in [0.717, 1.165) is 75.3 Å². The van der Waals surface area contributed by atoms with Crippen molar-refractivity contribution in [3.8, 4) is 5.88 Å². The van der Waals surface area contributed by atoms with E-state index < -0.39 is 27.0 Å². The van der Waals surface area contributed by atoms with Crippen molar-refractivity contribution in [1.29, 1.82) is 0 Å². The van der Waals surface area contributed by atoms with E-state index in [0.29, 0.717) is 72.5 Å². The maximum absolute atomic E-state index is 14.7. The Bertz CT molecular complexity index is 2960. The minimum absolute atomic E-state index is 0.133. The molecule has 17 heteroatoms. The topological polar surface area (TPSA) is 184 Å². The number of amides is 1. The number of carbonyl (C=O) groups is 1. The lowest BCUT2D eigenvalue weighted by Gasteiger charge is -2.56. The summed E-state index contributed by atoms with van der Waals surface area (Å²) in [6.45, 7) is 10.8. The summed E-state index contributed by atoms with van der Waals surface area (Å²) in [5.41, 5.74) is 5.82. The van der Waals surface area contributed by atoms with E-state index in [-0.39, 0.29) is 39.4 Å². The quantitative estimate of drug-likeness (QED) is 0.0749. The second-order valence-electron chi connectivity index (χ2n) is 22.0. The van der Waals surface area contributed by atoms with E-state index in [9.17, 15) is 23.3 Å². The van der Waals surface area contributed by atoms with Crippen LogP contribution in [0.2, 0.25) is 0 Å². The number of rotatable bonds is 13. The van der Waals surface area contributed by atoms with Crippen molar-refractivity contribution in [1.82, 2.24) is 19.6 Å². The normalized spacial score (nSPS) is 25.5. The highest BCUT2D eigenvalue weighted by Crippen LogP contribution is 2.55. The number of hydrogen-bond acceptors (Lipinski definition) is 13. The Morgan fingerprint density at radius 3 is 2.53 bits per heavy atom. The molecule has 5 fully saturated rings. The van der Waals surface area contributed by atoms with Crippen LogP contribution < -0.4 is 24.6 Å². The smallest absolute Gasteiger partial charge is 0.293 e. The van der Waals surface area contributed by atoms with Crippen molar-refractivity contribution in [3.63, 3.8) is 0 Å². The lowest BCUT2D eigenvalue weighted by molar-refractivity contribution is -0.384. The van der Waals surface area contributed by atoms with Gasteiger partial charge in [-0.1, -0.05) is 38.1 Å². The zero-order valence-electron chi connectivity index (χ0n) is 41.9. The maximum Gasteiger partial charge on any atom is 0.293 e. The van der Waals surface area contributed by atoms with Crippen LogP contribution in [0.4, 0.5) is 28.4 Å². The number of sulfonamides is 1. The first kappa shape index (κ1) is 48.5. The standard InChI is InChI=1S/C55H68N8O8S/c1-35(2)41-8-5-6-9-42(41)45-10-7-24-61(45)39-31-55(32-39)21-25-60(26-22-55)38-11-13-43(47(29-38)62-46-18-27-70-34-50(46)71-53-49(62)28-37-17-23-56-51(37)58-53)52(64)59-72(67,68)40-12-14-44(48(30-40)63(65)66)57-33-36-15-19-54(3,69-4)20-16-36/h5-6,8-9,11-14,17,23,28-30,35-36,39,45-46,50,57H,7,10,15-16,18-22,24-27,31-34H2,1-4H3,(H,56,58)(H,59,64)/t36?,45-,46+,50-,54?/m0/s1. The van der Waals surface area contributed by atoms with Crippen LogP contribution in [0.1, 0.15) is 125 Å². The molecule has 6 heterocycles. The van der Waals surface area contributed by atoms with E-state index >= 15 is 0 Å². The van der Waals surface area contributed by atoms with Gasteiger partial charge in [-0.05, 0) is 155 Å². The molecule has 0 bridgehead atoms. The zero-order valence-corrected chi connectivity index (χ0v) is 42.7. The molecule has 382 valence electrons. The van der Waals surface area contributed by atoms with E-state index in [1.807, 2.05) is 30.5 Å². The Kier molecular flexibility index (Phi) is 13.0. The maximum atomic E-state index is 14.7. The van der Waals surface area contributed by atoms with Gasteiger partial charge in [-0.15, -0.1) is 0 Å². The molecule has 3 aromatic carbocycles. The summed E-state index contributed by atoms with van der Waals surface area (Å²) in [5, 5.41) is 16.5. The summed E-state index contributed by atoms with van der Waals surface area (Å²) in [4.78, 5) is 41.5. The van der Waals surface area contributed by atoms with Crippen molar-refractivity contribution >= 4 is 55.4 Å². The monoisotopic (exact) mass is 1000 g/mol. The number of nitro groups is 1. The fourth-order valence-corrected chi connectivity index (χ4v) is 13.9. The number of piperidine rings is 1. The van der Waals surface area contributed by atoms with Crippen molar-refractivity contribution < 1.29 is 32.3 Å². The molecule has 1 amide bonds. The number of nitrogens with zero attached hydrogens (tertiary/aromatic N) is 5. The molecule has 3 atom stereocenters. The average Bonchev–Trinajstić information content (AvgIpc) is 4.06. The first-order valence-electron chi connectivity index (χ1n) is 26.1. The Balaban J connectivity index is 0.858. The first-order valence-corrected chi connectivity index (χ1v) is 27.6. The van der Waals surface area contributed by atoms with Gasteiger partial charge in [-0.3, -0.25) is 19.8 Å². The van der Waals surface area contributed by atoms with E-state index in [2.05, 4.69) is 74.8 Å². The molecule has 3 N–H and O–H groups in total. The highest BCUT2D eigenvalue weighted by atomic mass is 32.2. The van der Waals surface area contributed by atoms with Gasteiger partial charge in [-0.2, -0.15) is 4.98 Å². The summed E-state index contributed by atoms with van der Waals surface area (Å²) in [6.07, 6.45) is 12.5. The number of benzene rings is 3. The van der Waals surface area contributed by atoms with Crippen molar-refractivity contribution in [2.45, 2.75) is 132 Å². The molecule has 2 saturated carbocycles. The largest absolute Gasteiger partial charge is 0.468 e. The molecular weight excluding hydrogens is 933 g/mol. The molecule has 11 rings (SSSR count). The molecular formula is C55H68N8O8S. The van der Waals surface area contributed by atoms with Crippen LogP contribution in [0.15, 0.2) is 83.9 Å². The van der Waals surface area contributed by atoms with Gasteiger partial charge in [0.15, 0.2) is 0 Å². The molecule has 16 nitrogen and oxygen atoms in total. The molecule has 4 aliphatic heterocycles. The second kappa shape index (κ2) is 19.3. The molecule has 6 aliphatic rings. The van der Waals surface area contributed by atoms with Gasteiger partial charge >= 0.3 is 0 Å². The number of nitro benzene ring substituents is 1. The molecule has 72 heavy (non-hydrogen) atoms. The third-order valence-electron chi connectivity index (χ3n) is 17.3. The summed E-state index contributed by atoms with van der Waals surface area (Å²) in [5.74, 6) is 0.295. The summed E-state index contributed by atoms with van der Waals surface area (Å²) in [7, 11) is -2.88. The number of carbonyl (C=O) groups excluding carboxylic acids is 1. The van der Waals surface area contributed by atoms with Crippen LogP contribution in [-0.4, -0.2) is 104 Å². The number of H-pyrrole nitrogens is 1. The molecule has 5 aromatic rings. The zero-order chi connectivity index (χ0) is 49.9. The third-order valence-corrected chi connectivity index (χ3v) is 18.6. The SMILES string of the molecule is COC1(C)CCC(CNc2ccc(S(=O)(=O)NC(=O)c3ccc(N4CCC5(CC4)CC(N4CCC[C@H]4c4ccccc4C(C)C)C5)cc3N3c4cc5cc[nH]c5nc4O[C@H]4COCC[C@H]43)cc2[N+](=O)[O-])CC1. The number of nitrogens with one attached hydrogen (secondary N) is 3. The lowest BCUT2D eigenvalue weighted by atomic mass is 9.59. The van der Waals surface area contributed by atoms with Crippen LogP contribution in [0.5, 0.6) is 5.88 Å². The Hall–Kier alpha value is -5.75. The van der Waals surface area contributed by atoms with Crippen molar-refractivity contribution in [2.75, 3.05) is 61.6 Å². The minimum Gasteiger partial charge on any atom is -0.468 e. The number of ether oxygens (including phenoxy) is 3. The third kappa shape index (κ3) is 9.19. The van der Waals surface area contributed by atoms with E-state index in [1.165, 1.54) is 48.9 Å². The summed E-state index contributed by atoms with van der Waals surface area (Å²) in [6, 6.07) is 23.1. The van der Waals surface area contributed by atoms with Crippen LogP contribution >= 0.6 is 0 Å². The number of aromatic nitrogens is 2. The van der Waals surface area contributed by atoms with Crippen molar-refractivity contribution in [2.24, 2.45) is 11.3 Å². The van der Waals surface area contributed by atoms with Crippen LogP contribution in [-0.2, 0) is 19.5 Å². The Morgan fingerprint density at radius 2 is 1.76 bits per heavy atom. The van der Waals surface area contributed by atoms with Gasteiger partial charge in [0.1, 0.15) is 23.1 Å². The number of hydrogen-bond donors (Lipinski definition) is 3. The predicted molar refractivity (Wildman–Crippen MR) is 278 cm³/mol. The number of fused-ring (bicyclic) bond motifs is 3. The Labute approximate surface area is 422 Å². The predicted octanol–water partition coefficient (Wildman–Crippen LogP) is 9.99. The average molecular weight is 1000 g/mol. The number of methoxy groups -OCH3 is 1. The Morgan fingerprint density at radius 1 is 0.972 bits per heavy atom. The van der Waals surface area contributed by atoms with Gasteiger partial charge in [0.25, 0.3) is 21.6 Å². The second-order valence-corrected chi connectivity index (χ2v) is 23.6. The lowest BCUT2D eigenvalue weighted by Crippen LogP contribution is -2.55. The van der Waals surface area contributed by atoms with Crippen LogP contribution in [0.25, 0.3) is 11.0 Å². The number of anilines is 4. The summed E-state index contributed by atoms with van der Waals surface area (Å²) < 4.78 is 48.9. The molecule has 2 aliphatic carbocycles. The van der Waals surface area contributed by atoms with Gasteiger partial charge in [-0.25, -0.2) is 13.1 Å².